The first kappa shape index (κ1) is 17.9. The predicted molar refractivity (Wildman–Crippen MR) is 92.1 cm³/mol. The molecule has 0 aliphatic carbocycles. The fourth-order valence-electron chi connectivity index (χ4n) is 1.83. The zero-order chi connectivity index (χ0) is 17.5. The molecule has 0 bridgehead atoms. The highest BCUT2D eigenvalue weighted by atomic mass is 32.2. The summed E-state index contributed by atoms with van der Waals surface area (Å²) in [5.41, 5.74) is 1.36. The molecule has 0 saturated carbocycles. The molecule has 0 saturated heterocycles. The van der Waals surface area contributed by atoms with Crippen molar-refractivity contribution in [3.63, 3.8) is 0 Å². The summed E-state index contributed by atoms with van der Waals surface area (Å²) in [5.74, 6) is -1.25. The predicted octanol–water partition coefficient (Wildman–Crippen LogP) is 3.58. The Morgan fingerprint density at radius 1 is 0.917 bits per heavy atom. The molecule has 2 N–H and O–H groups in total. The molecule has 0 aliphatic rings. The Morgan fingerprint density at radius 2 is 1.46 bits per heavy atom. The van der Waals surface area contributed by atoms with Crippen molar-refractivity contribution < 1.29 is 18.4 Å². The molecule has 2 amide bonds. The van der Waals surface area contributed by atoms with Crippen LogP contribution in [0, 0.1) is 18.6 Å². The molecule has 2 aromatic carbocycles. The molecule has 0 radical (unpaired) electrons. The third-order valence-electron chi connectivity index (χ3n) is 3.05. The summed E-state index contributed by atoms with van der Waals surface area (Å²) in [6.45, 7) is 1.64. The number of anilines is 2. The standard InChI is InChI=1S/C17H16F2N2O2S/c1-11-2-5-14(8-15(11)19)21-17(23)10-24-9-16(22)20-13-6-3-12(18)4-7-13/h2-8H,9-10H2,1H3,(H,20,22)(H,21,23). The van der Waals surface area contributed by atoms with Crippen LogP contribution in [0.3, 0.4) is 0 Å². The topological polar surface area (TPSA) is 58.2 Å². The van der Waals surface area contributed by atoms with Gasteiger partial charge in [-0.25, -0.2) is 8.78 Å². The van der Waals surface area contributed by atoms with Gasteiger partial charge in [-0.3, -0.25) is 9.59 Å². The van der Waals surface area contributed by atoms with Gasteiger partial charge in [0.1, 0.15) is 11.6 Å². The first-order valence-electron chi connectivity index (χ1n) is 7.13. The van der Waals surface area contributed by atoms with Crippen molar-refractivity contribution >= 4 is 35.0 Å². The van der Waals surface area contributed by atoms with E-state index in [2.05, 4.69) is 10.6 Å². The van der Waals surface area contributed by atoms with Gasteiger partial charge in [0.2, 0.25) is 11.8 Å². The minimum absolute atomic E-state index is 0.0618. The molecule has 2 aromatic rings. The van der Waals surface area contributed by atoms with Crippen LogP contribution in [0.25, 0.3) is 0 Å². The van der Waals surface area contributed by atoms with E-state index in [4.69, 9.17) is 0 Å². The Hall–Kier alpha value is -2.41. The zero-order valence-electron chi connectivity index (χ0n) is 12.9. The average Bonchev–Trinajstić information content (AvgIpc) is 2.53. The Bertz CT molecular complexity index is 736. The van der Waals surface area contributed by atoms with E-state index in [-0.39, 0.29) is 35.0 Å². The van der Waals surface area contributed by atoms with E-state index in [9.17, 15) is 18.4 Å². The van der Waals surface area contributed by atoms with Crippen molar-refractivity contribution in [1.82, 2.24) is 0 Å². The fraction of sp³-hybridized carbons (Fsp3) is 0.176. The minimum atomic E-state index is -0.390. The van der Waals surface area contributed by atoms with Crippen LogP contribution in [0.4, 0.5) is 20.2 Å². The second-order valence-electron chi connectivity index (χ2n) is 5.06. The summed E-state index contributed by atoms with van der Waals surface area (Å²) in [6, 6.07) is 9.84. The Morgan fingerprint density at radius 3 is 2.04 bits per heavy atom. The van der Waals surface area contributed by atoms with Gasteiger partial charge < -0.3 is 10.6 Å². The Labute approximate surface area is 142 Å². The van der Waals surface area contributed by atoms with E-state index in [0.717, 1.165) is 11.8 Å². The summed E-state index contributed by atoms with van der Waals surface area (Å²) in [4.78, 5) is 23.5. The zero-order valence-corrected chi connectivity index (χ0v) is 13.8. The van der Waals surface area contributed by atoms with E-state index in [0.29, 0.717) is 16.9 Å². The van der Waals surface area contributed by atoms with Gasteiger partial charge in [0.25, 0.3) is 0 Å². The van der Waals surface area contributed by atoms with Crippen molar-refractivity contribution in [2.75, 3.05) is 22.1 Å². The summed E-state index contributed by atoms with van der Waals surface area (Å²) in [5, 5.41) is 5.17. The first-order chi connectivity index (χ1) is 11.4. The molecule has 4 nitrogen and oxygen atoms in total. The number of nitrogens with one attached hydrogen (secondary N) is 2. The smallest absolute Gasteiger partial charge is 0.234 e. The van der Waals surface area contributed by atoms with Crippen LogP contribution < -0.4 is 10.6 Å². The first-order valence-corrected chi connectivity index (χ1v) is 8.28. The van der Waals surface area contributed by atoms with E-state index in [1.54, 1.807) is 19.1 Å². The van der Waals surface area contributed by atoms with Crippen LogP contribution in [0.5, 0.6) is 0 Å². The fourth-order valence-corrected chi connectivity index (χ4v) is 2.45. The molecule has 2 rings (SSSR count). The largest absolute Gasteiger partial charge is 0.325 e. The van der Waals surface area contributed by atoms with Gasteiger partial charge in [-0.05, 0) is 48.9 Å². The number of hydrogen-bond acceptors (Lipinski definition) is 3. The number of benzene rings is 2. The molecule has 0 aliphatic heterocycles. The number of amides is 2. The Balaban J connectivity index is 1.72. The van der Waals surface area contributed by atoms with Crippen LogP contribution in [0.15, 0.2) is 42.5 Å². The van der Waals surface area contributed by atoms with Crippen LogP contribution in [-0.4, -0.2) is 23.3 Å². The summed E-state index contributed by atoms with van der Waals surface area (Å²) in [6.07, 6.45) is 0. The van der Waals surface area contributed by atoms with Gasteiger partial charge in [0.05, 0.1) is 11.5 Å². The molecular weight excluding hydrogens is 334 g/mol. The lowest BCUT2D eigenvalue weighted by Gasteiger charge is -2.07. The maximum atomic E-state index is 13.4. The molecule has 0 heterocycles. The lowest BCUT2D eigenvalue weighted by Crippen LogP contribution is -2.18. The molecule has 7 heteroatoms. The molecule has 0 aromatic heterocycles. The second kappa shape index (κ2) is 8.44. The molecule has 0 atom stereocenters. The lowest BCUT2D eigenvalue weighted by molar-refractivity contribution is -0.114. The SMILES string of the molecule is Cc1ccc(NC(=O)CSCC(=O)Nc2ccc(F)cc2)cc1F. The number of halogens is 2. The number of hydrogen-bond donors (Lipinski definition) is 2. The number of thioether (sulfide) groups is 1. The van der Waals surface area contributed by atoms with Gasteiger partial charge in [-0.1, -0.05) is 6.07 Å². The highest BCUT2D eigenvalue weighted by Gasteiger charge is 2.08. The maximum absolute atomic E-state index is 13.4. The molecule has 0 unspecified atom stereocenters. The van der Waals surface area contributed by atoms with E-state index in [1.165, 1.54) is 30.3 Å². The highest BCUT2D eigenvalue weighted by molar-refractivity contribution is 8.00. The minimum Gasteiger partial charge on any atom is -0.325 e. The van der Waals surface area contributed by atoms with Gasteiger partial charge in [-0.15, -0.1) is 11.8 Å². The van der Waals surface area contributed by atoms with Crippen LogP contribution >= 0.6 is 11.8 Å². The van der Waals surface area contributed by atoms with E-state index in [1.807, 2.05) is 0 Å². The Kier molecular flexibility index (Phi) is 6.31. The van der Waals surface area contributed by atoms with Gasteiger partial charge in [0, 0.05) is 11.4 Å². The van der Waals surface area contributed by atoms with Gasteiger partial charge in [0.15, 0.2) is 0 Å². The molecular formula is C17H16F2N2O2S. The van der Waals surface area contributed by atoms with Crippen LogP contribution in [0.2, 0.25) is 0 Å². The van der Waals surface area contributed by atoms with Crippen molar-refractivity contribution in [2.24, 2.45) is 0 Å². The molecule has 126 valence electrons. The molecule has 24 heavy (non-hydrogen) atoms. The number of aryl methyl sites for hydroxylation is 1. The molecule has 0 fully saturated rings. The third-order valence-corrected chi connectivity index (χ3v) is 3.98. The van der Waals surface area contributed by atoms with Crippen LogP contribution in [-0.2, 0) is 9.59 Å². The highest BCUT2D eigenvalue weighted by Crippen LogP contribution is 2.14. The summed E-state index contributed by atoms with van der Waals surface area (Å²) < 4.78 is 26.1. The molecule has 0 spiro atoms. The second-order valence-corrected chi connectivity index (χ2v) is 6.05. The van der Waals surface area contributed by atoms with Crippen molar-refractivity contribution in [2.45, 2.75) is 6.92 Å². The van der Waals surface area contributed by atoms with E-state index < -0.39 is 0 Å². The van der Waals surface area contributed by atoms with Gasteiger partial charge in [-0.2, -0.15) is 0 Å². The average molecular weight is 350 g/mol. The summed E-state index contributed by atoms with van der Waals surface area (Å²) in [7, 11) is 0. The van der Waals surface area contributed by atoms with Crippen molar-refractivity contribution in [3.8, 4) is 0 Å². The summed E-state index contributed by atoms with van der Waals surface area (Å²) >= 11 is 1.13. The van der Waals surface area contributed by atoms with E-state index >= 15 is 0 Å². The lowest BCUT2D eigenvalue weighted by atomic mass is 10.2. The number of rotatable bonds is 6. The monoisotopic (exact) mass is 350 g/mol. The maximum Gasteiger partial charge on any atom is 0.234 e. The third kappa shape index (κ3) is 5.66. The quantitative estimate of drug-likeness (QED) is 0.837. The normalized spacial score (nSPS) is 10.3. The van der Waals surface area contributed by atoms with Crippen LogP contribution in [0.1, 0.15) is 5.56 Å². The van der Waals surface area contributed by atoms with Crippen molar-refractivity contribution in [3.05, 3.63) is 59.7 Å². The number of carbonyl (C=O) groups excluding carboxylic acids is 2. The van der Waals surface area contributed by atoms with Gasteiger partial charge >= 0.3 is 0 Å². The number of carbonyl (C=O) groups is 2. The van der Waals surface area contributed by atoms with Crippen molar-refractivity contribution in [1.29, 1.82) is 0 Å².